The van der Waals surface area contributed by atoms with Gasteiger partial charge >= 0.3 is 5.97 Å². The van der Waals surface area contributed by atoms with Crippen LogP contribution in [0.25, 0.3) is 10.2 Å². The molecule has 2 heterocycles. The first kappa shape index (κ1) is 15.5. The van der Waals surface area contributed by atoms with E-state index in [1.807, 2.05) is 19.9 Å². The van der Waals surface area contributed by atoms with Crippen LogP contribution in [0.2, 0.25) is 0 Å². The molecule has 2 aromatic rings. The van der Waals surface area contributed by atoms with E-state index in [0.717, 1.165) is 16.6 Å². The van der Waals surface area contributed by atoms with Crippen molar-refractivity contribution in [3.8, 4) is 0 Å². The largest absolute Gasteiger partial charge is 0.467 e. The van der Waals surface area contributed by atoms with Crippen molar-refractivity contribution in [2.45, 2.75) is 33.2 Å². The number of hydrogen-bond donors (Lipinski definition) is 2. The van der Waals surface area contributed by atoms with E-state index >= 15 is 0 Å². The fraction of sp³-hybridized carbons (Fsp3) is 0.500. The molecule has 0 spiro atoms. The lowest BCUT2D eigenvalue weighted by molar-refractivity contribution is -0.142. The van der Waals surface area contributed by atoms with Crippen LogP contribution in [0.3, 0.4) is 0 Å². The van der Waals surface area contributed by atoms with Gasteiger partial charge in [-0.05, 0) is 18.4 Å². The van der Waals surface area contributed by atoms with Crippen LogP contribution in [0.15, 0.2) is 6.07 Å². The zero-order valence-corrected chi connectivity index (χ0v) is 13.5. The molecule has 0 saturated heterocycles. The Morgan fingerprint density at radius 2 is 2.19 bits per heavy atom. The fourth-order valence-corrected chi connectivity index (χ4v) is 3.02. The molecule has 0 saturated carbocycles. The number of aromatic nitrogens is 2. The van der Waals surface area contributed by atoms with Gasteiger partial charge in [0.05, 0.1) is 12.5 Å². The molecule has 1 unspecified atom stereocenters. The third kappa shape index (κ3) is 3.24. The Morgan fingerprint density at radius 3 is 2.76 bits per heavy atom. The van der Waals surface area contributed by atoms with Gasteiger partial charge in [0.2, 0.25) is 5.95 Å². The second-order valence-electron chi connectivity index (χ2n) is 5.10. The summed E-state index contributed by atoms with van der Waals surface area (Å²) in [6, 6.07) is 1.56. The van der Waals surface area contributed by atoms with E-state index in [-0.39, 0.29) is 17.8 Å². The number of esters is 1. The van der Waals surface area contributed by atoms with Crippen LogP contribution in [0.4, 0.5) is 11.8 Å². The maximum Gasteiger partial charge on any atom is 0.328 e. The van der Waals surface area contributed by atoms with Crippen LogP contribution in [-0.2, 0) is 16.0 Å². The Balaban J connectivity index is 2.44. The van der Waals surface area contributed by atoms with E-state index in [9.17, 15) is 4.79 Å². The molecule has 0 bridgehead atoms. The molecule has 0 aliphatic heterocycles. The zero-order valence-electron chi connectivity index (χ0n) is 12.6. The van der Waals surface area contributed by atoms with E-state index in [1.54, 1.807) is 11.3 Å². The Bertz CT molecular complexity index is 654. The molecule has 6 nitrogen and oxygen atoms in total. The minimum Gasteiger partial charge on any atom is -0.467 e. The molecule has 0 fully saturated rings. The number of nitrogen functional groups attached to an aromatic ring is 1. The van der Waals surface area contributed by atoms with Gasteiger partial charge in [0, 0.05) is 4.88 Å². The molecule has 0 radical (unpaired) electrons. The Hall–Kier alpha value is -1.89. The van der Waals surface area contributed by atoms with Crippen molar-refractivity contribution < 1.29 is 9.53 Å². The van der Waals surface area contributed by atoms with Gasteiger partial charge in [-0.25, -0.2) is 9.78 Å². The van der Waals surface area contributed by atoms with E-state index in [1.165, 1.54) is 12.0 Å². The average molecular weight is 308 g/mol. The molecule has 21 heavy (non-hydrogen) atoms. The highest BCUT2D eigenvalue weighted by atomic mass is 32.1. The van der Waals surface area contributed by atoms with Crippen LogP contribution in [-0.4, -0.2) is 29.1 Å². The molecule has 0 aliphatic carbocycles. The highest BCUT2D eigenvalue weighted by Crippen LogP contribution is 2.30. The van der Waals surface area contributed by atoms with Crippen LogP contribution in [0.1, 0.15) is 25.6 Å². The number of carbonyl (C=O) groups is 1. The molecule has 3 N–H and O–H groups in total. The van der Waals surface area contributed by atoms with Gasteiger partial charge < -0.3 is 15.8 Å². The molecule has 2 rings (SSSR count). The van der Waals surface area contributed by atoms with Gasteiger partial charge in [0.25, 0.3) is 0 Å². The fourth-order valence-electron chi connectivity index (χ4n) is 2.04. The summed E-state index contributed by atoms with van der Waals surface area (Å²) in [6.45, 7) is 5.98. The normalized spacial score (nSPS) is 12.6. The van der Waals surface area contributed by atoms with Crippen molar-refractivity contribution in [2.75, 3.05) is 18.2 Å². The van der Waals surface area contributed by atoms with Gasteiger partial charge in [0.15, 0.2) is 0 Å². The molecular formula is C14H20N4O2S. The molecule has 0 amide bonds. The lowest BCUT2D eigenvalue weighted by atomic mass is 10.0. The van der Waals surface area contributed by atoms with Crippen molar-refractivity contribution in [1.29, 1.82) is 0 Å². The van der Waals surface area contributed by atoms with Gasteiger partial charge in [-0.15, -0.1) is 11.3 Å². The Morgan fingerprint density at radius 1 is 1.48 bits per heavy atom. The first-order valence-electron chi connectivity index (χ1n) is 6.86. The first-order chi connectivity index (χ1) is 9.96. The number of aryl methyl sites for hydroxylation is 1. The minimum atomic E-state index is -0.475. The predicted octanol–water partition coefficient (Wildman–Crippen LogP) is 2.45. The lowest BCUT2D eigenvalue weighted by Gasteiger charge is -2.20. The van der Waals surface area contributed by atoms with E-state index < -0.39 is 6.04 Å². The highest BCUT2D eigenvalue weighted by Gasteiger charge is 2.24. The predicted molar refractivity (Wildman–Crippen MR) is 85.5 cm³/mol. The maximum absolute atomic E-state index is 11.9. The molecule has 0 aromatic carbocycles. The Labute approximate surface area is 127 Å². The molecular weight excluding hydrogens is 288 g/mol. The van der Waals surface area contributed by atoms with Crippen molar-refractivity contribution in [3.05, 3.63) is 10.9 Å². The minimum absolute atomic E-state index is 0.0629. The summed E-state index contributed by atoms with van der Waals surface area (Å²) < 4.78 is 4.84. The number of nitrogens with zero attached hydrogens (tertiary/aromatic N) is 2. The smallest absolute Gasteiger partial charge is 0.328 e. The SMILES string of the molecule is CCc1cc2c(NC(C(=O)OC)C(C)C)nc(N)nc2s1. The monoisotopic (exact) mass is 308 g/mol. The number of ether oxygens (including phenoxy) is 1. The van der Waals surface area contributed by atoms with E-state index in [4.69, 9.17) is 10.5 Å². The summed E-state index contributed by atoms with van der Waals surface area (Å²) in [5.74, 6) is 0.522. The van der Waals surface area contributed by atoms with Crippen LogP contribution >= 0.6 is 11.3 Å². The van der Waals surface area contributed by atoms with Crippen molar-refractivity contribution in [3.63, 3.8) is 0 Å². The number of carbonyl (C=O) groups excluding carboxylic acids is 1. The summed E-state index contributed by atoms with van der Waals surface area (Å²) in [6.07, 6.45) is 0.922. The zero-order chi connectivity index (χ0) is 15.6. The molecule has 0 aliphatic rings. The molecule has 1 atom stereocenters. The summed E-state index contributed by atoms with van der Waals surface area (Å²) in [4.78, 5) is 22.4. The van der Waals surface area contributed by atoms with E-state index in [2.05, 4.69) is 22.2 Å². The van der Waals surface area contributed by atoms with Crippen LogP contribution < -0.4 is 11.1 Å². The number of rotatable bonds is 5. The summed E-state index contributed by atoms with van der Waals surface area (Å²) in [5, 5.41) is 4.04. The van der Waals surface area contributed by atoms with Crippen molar-refractivity contribution >= 4 is 39.3 Å². The number of nitrogens with two attached hydrogens (primary N) is 1. The number of nitrogens with one attached hydrogen (secondary N) is 1. The van der Waals surface area contributed by atoms with Gasteiger partial charge in [-0.1, -0.05) is 20.8 Å². The molecule has 2 aromatic heterocycles. The molecule has 7 heteroatoms. The van der Waals surface area contributed by atoms with Crippen LogP contribution in [0.5, 0.6) is 0 Å². The summed E-state index contributed by atoms with van der Waals surface area (Å²) >= 11 is 1.59. The number of anilines is 2. The number of methoxy groups -OCH3 is 1. The molecule has 114 valence electrons. The van der Waals surface area contributed by atoms with E-state index in [0.29, 0.717) is 5.82 Å². The number of hydrogen-bond acceptors (Lipinski definition) is 7. The first-order valence-corrected chi connectivity index (χ1v) is 7.68. The Kier molecular flexibility index (Phi) is 4.62. The average Bonchev–Trinajstić information content (AvgIpc) is 2.86. The maximum atomic E-state index is 11.9. The number of fused-ring (bicyclic) bond motifs is 1. The summed E-state index contributed by atoms with van der Waals surface area (Å²) in [7, 11) is 1.38. The van der Waals surface area contributed by atoms with Gasteiger partial charge in [-0.3, -0.25) is 0 Å². The second kappa shape index (κ2) is 6.26. The van der Waals surface area contributed by atoms with Crippen LogP contribution in [0, 0.1) is 5.92 Å². The van der Waals surface area contributed by atoms with Crippen molar-refractivity contribution in [2.24, 2.45) is 5.92 Å². The van der Waals surface area contributed by atoms with Crippen molar-refractivity contribution in [1.82, 2.24) is 9.97 Å². The second-order valence-corrected chi connectivity index (χ2v) is 6.22. The third-order valence-electron chi connectivity index (χ3n) is 3.22. The topological polar surface area (TPSA) is 90.1 Å². The third-order valence-corrected chi connectivity index (χ3v) is 4.40. The van der Waals surface area contributed by atoms with Gasteiger partial charge in [-0.2, -0.15) is 4.98 Å². The van der Waals surface area contributed by atoms with Gasteiger partial charge in [0.1, 0.15) is 16.7 Å². The lowest BCUT2D eigenvalue weighted by Crippen LogP contribution is -2.35. The summed E-state index contributed by atoms with van der Waals surface area (Å²) in [5.41, 5.74) is 5.76. The highest BCUT2D eigenvalue weighted by molar-refractivity contribution is 7.18. The standard InChI is InChI=1S/C14H20N4O2S/c1-5-8-6-9-11(17-14(15)18-12(9)21-8)16-10(7(2)3)13(19)20-4/h6-7,10H,5H2,1-4H3,(H3,15,16,17,18). The quantitative estimate of drug-likeness (QED) is 0.825. The number of thiophene rings is 1.